The lowest BCUT2D eigenvalue weighted by Crippen LogP contribution is -2.40. The first-order valence-corrected chi connectivity index (χ1v) is 8.86. The summed E-state index contributed by atoms with van der Waals surface area (Å²) in [6, 6.07) is 9.03. The molecule has 0 aromatic heterocycles. The smallest absolute Gasteiger partial charge is 0.254 e. The second-order valence-electron chi connectivity index (χ2n) is 6.75. The van der Waals surface area contributed by atoms with Crippen molar-refractivity contribution in [1.82, 2.24) is 15.1 Å². The molecular weight excluding hydrogens is 302 g/mol. The summed E-state index contributed by atoms with van der Waals surface area (Å²) in [5.74, 6) is 0.612. The van der Waals surface area contributed by atoms with Gasteiger partial charge in [-0.2, -0.15) is 0 Å². The van der Waals surface area contributed by atoms with Gasteiger partial charge < -0.3 is 15.1 Å². The molecule has 2 amide bonds. The normalized spacial score (nSPS) is 15.9. The lowest BCUT2D eigenvalue weighted by molar-refractivity contribution is -0.121. The first-order valence-electron chi connectivity index (χ1n) is 8.86. The predicted molar refractivity (Wildman–Crippen MR) is 95.9 cm³/mol. The molecule has 1 heterocycles. The molecule has 1 N–H and O–H groups in total. The van der Waals surface area contributed by atoms with Crippen LogP contribution in [-0.4, -0.2) is 61.4 Å². The number of likely N-dealkylation sites (tertiary alicyclic amines) is 1. The van der Waals surface area contributed by atoms with Crippen molar-refractivity contribution in [2.75, 3.05) is 39.8 Å². The van der Waals surface area contributed by atoms with Gasteiger partial charge in [0.1, 0.15) is 0 Å². The third-order valence-electron chi connectivity index (χ3n) is 4.60. The molecule has 0 aliphatic carbocycles. The van der Waals surface area contributed by atoms with Crippen LogP contribution >= 0.6 is 0 Å². The fraction of sp³-hybridized carbons (Fsp3) is 0.579. The van der Waals surface area contributed by atoms with Crippen molar-refractivity contribution in [1.29, 1.82) is 0 Å². The Morgan fingerprint density at radius 1 is 1.21 bits per heavy atom. The maximum absolute atomic E-state index is 12.2. The maximum Gasteiger partial charge on any atom is 0.254 e. The van der Waals surface area contributed by atoms with Crippen molar-refractivity contribution in [2.24, 2.45) is 5.92 Å². The molecule has 132 valence electrons. The number of amides is 2. The average Bonchev–Trinajstić information content (AvgIpc) is 2.60. The van der Waals surface area contributed by atoms with Crippen molar-refractivity contribution in [2.45, 2.75) is 26.2 Å². The van der Waals surface area contributed by atoms with Crippen LogP contribution in [0.3, 0.4) is 0 Å². The van der Waals surface area contributed by atoms with Crippen LogP contribution in [0.25, 0.3) is 0 Å². The van der Waals surface area contributed by atoms with Crippen molar-refractivity contribution >= 4 is 11.8 Å². The lowest BCUT2D eigenvalue weighted by Gasteiger charge is -2.30. The minimum Gasteiger partial charge on any atom is -0.355 e. The molecule has 1 aliphatic heterocycles. The maximum atomic E-state index is 12.2. The minimum absolute atomic E-state index is 0.0922. The summed E-state index contributed by atoms with van der Waals surface area (Å²) >= 11 is 0. The Labute approximate surface area is 145 Å². The van der Waals surface area contributed by atoms with Crippen molar-refractivity contribution in [3.05, 3.63) is 35.9 Å². The molecular formula is C19H29N3O2. The molecule has 1 aromatic carbocycles. The second-order valence-corrected chi connectivity index (χ2v) is 6.75. The SMILES string of the molecule is CC1CCN(CCCNC(=O)CN(C)C(=O)c2ccccc2)CC1. The van der Waals surface area contributed by atoms with Crippen molar-refractivity contribution in [3.63, 3.8) is 0 Å². The third kappa shape index (κ3) is 5.96. The molecule has 0 bridgehead atoms. The molecule has 5 nitrogen and oxygen atoms in total. The molecule has 0 atom stereocenters. The molecule has 24 heavy (non-hydrogen) atoms. The van der Waals surface area contributed by atoms with E-state index in [1.165, 1.54) is 30.8 Å². The standard InChI is InChI=1S/C19H29N3O2/c1-16-9-13-22(14-10-16)12-6-11-20-18(23)15-21(2)19(24)17-7-4-3-5-8-17/h3-5,7-8,16H,6,9-15H2,1-2H3,(H,20,23). The van der Waals surface area contributed by atoms with Gasteiger partial charge in [-0.05, 0) is 56.9 Å². The largest absolute Gasteiger partial charge is 0.355 e. The number of nitrogens with zero attached hydrogens (tertiary/aromatic N) is 2. The summed E-state index contributed by atoms with van der Waals surface area (Å²) < 4.78 is 0. The van der Waals surface area contributed by atoms with Gasteiger partial charge in [0, 0.05) is 19.2 Å². The van der Waals surface area contributed by atoms with Gasteiger partial charge in [0.25, 0.3) is 5.91 Å². The van der Waals surface area contributed by atoms with Gasteiger partial charge >= 0.3 is 0 Å². The summed E-state index contributed by atoms with van der Waals surface area (Å²) in [6.45, 7) is 6.44. The summed E-state index contributed by atoms with van der Waals surface area (Å²) in [5, 5.41) is 2.91. The quantitative estimate of drug-likeness (QED) is 0.778. The Morgan fingerprint density at radius 3 is 2.54 bits per heavy atom. The molecule has 1 aliphatic rings. The molecule has 5 heteroatoms. The van der Waals surface area contributed by atoms with Crippen LogP contribution in [0, 0.1) is 5.92 Å². The number of nitrogens with one attached hydrogen (secondary N) is 1. The van der Waals surface area contributed by atoms with Crippen LogP contribution in [-0.2, 0) is 4.79 Å². The topological polar surface area (TPSA) is 52.7 Å². The summed E-state index contributed by atoms with van der Waals surface area (Å²) in [5.41, 5.74) is 0.604. The van der Waals surface area contributed by atoms with E-state index >= 15 is 0 Å². The lowest BCUT2D eigenvalue weighted by atomic mass is 9.99. The van der Waals surface area contributed by atoms with E-state index in [1.807, 2.05) is 18.2 Å². The van der Waals surface area contributed by atoms with Crippen LogP contribution < -0.4 is 5.32 Å². The van der Waals surface area contributed by atoms with Gasteiger partial charge in [-0.1, -0.05) is 25.1 Å². The van der Waals surface area contributed by atoms with E-state index in [9.17, 15) is 9.59 Å². The van der Waals surface area contributed by atoms with Crippen LogP contribution in [0.4, 0.5) is 0 Å². The average molecular weight is 331 g/mol. The monoisotopic (exact) mass is 331 g/mol. The third-order valence-corrected chi connectivity index (χ3v) is 4.60. The fourth-order valence-corrected chi connectivity index (χ4v) is 2.96. The Bertz CT molecular complexity index is 525. The first-order chi connectivity index (χ1) is 11.6. The molecule has 1 aromatic rings. The van der Waals surface area contributed by atoms with Crippen molar-refractivity contribution in [3.8, 4) is 0 Å². The van der Waals surface area contributed by atoms with Gasteiger partial charge in [0.05, 0.1) is 6.54 Å². The van der Waals surface area contributed by atoms with E-state index in [1.54, 1.807) is 19.2 Å². The molecule has 0 spiro atoms. The minimum atomic E-state index is -0.131. The van der Waals surface area contributed by atoms with Crippen LogP contribution in [0.5, 0.6) is 0 Å². The van der Waals surface area contributed by atoms with E-state index in [4.69, 9.17) is 0 Å². The zero-order valence-electron chi connectivity index (χ0n) is 14.8. The van der Waals surface area contributed by atoms with E-state index in [-0.39, 0.29) is 18.4 Å². The molecule has 0 saturated carbocycles. The molecule has 1 saturated heterocycles. The Kier molecular flexibility index (Phi) is 7.25. The predicted octanol–water partition coefficient (Wildman–Crippen LogP) is 2.00. The number of likely N-dealkylation sites (N-methyl/N-ethyl adjacent to an activating group) is 1. The Hall–Kier alpha value is -1.88. The highest BCUT2D eigenvalue weighted by Gasteiger charge is 2.16. The summed E-state index contributed by atoms with van der Waals surface area (Å²) in [4.78, 5) is 28.1. The number of benzene rings is 1. The zero-order chi connectivity index (χ0) is 17.4. The van der Waals surface area contributed by atoms with Crippen LogP contribution in [0.15, 0.2) is 30.3 Å². The molecule has 0 unspecified atom stereocenters. The van der Waals surface area contributed by atoms with Gasteiger partial charge in [0.2, 0.25) is 5.91 Å². The molecule has 2 rings (SSSR count). The number of hydrogen-bond acceptors (Lipinski definition) is 3. The van der Waals surface area contributed by atoms with Crippen molar-refractivity contribution < 1.29 is 9.59 Å². The number of carbonyl (C=O) groups excluding carboxylic acids is 2. The summed E-state index contributed by atoms with van der Waals surface area (Å²) in [6.07, 6.45) is 3.51. The highest BCUT2D eigenvalue weighted by molar-refractivity contribution is 5.96. The fourth-order valence-electron chi connectivity index (χ4n) is 2.96. The molecule has 0 radical (unpaired) electrons. The first kappa shape index (κ1) is 18.5. The van der Waals surface area contributed by atoms with E-state index in [0.717, 1.165) is 18.9 Å². The van der Waals surface area contributed by atoms with Crippen LogP contribution in [0.1, 0.15) is 36.5 Å². The van der Waals surface area contributed by atoms with Gasteiger partial charge in [-0.3, -0.25) is 9.59 Å². The van der Waals surface area contributed by atoms with Gasteiger partial charge in [0.15, 0.2) is 0 Å². The highest BCUT2D eigenvalue weighted by atomic mass is 16.2. The molecule has 1 fully saturated rings. The number of piperidine rings is 1. The number of carbonyl (C=O) groups is 2. The van der Waals surface area contributed by atoms with E-state index in [2.05, 4.69) is 17.1 Å². The van der Waals surface area contributed by atoms with E-state index in [0.29, 0.717) is 12.1 Å². The van der Waals surface area contributed by atoms with Gasteiger partial charge in [-0.25, -0.2) is 0 Å². The Morgan fingerprint density at radius 2 is 1.88 bits per heavy atom. The van der Waals surface area contributed by atoms with E-state index < -0.39 is 0 Å². The summed E-state index contributed by atoms with van der Waals surface area (Å²) in [7, 11) is 1.66. The van der Waals surface area contributed by atoms with Gasteiger partial charge in [-0.15, -0.1) is 0 Å². The second kappa shape index (κ2) is 9.42. The number of rotatable bonds is 7. The zero-order valence-corrected chi connectivity index (χ0v) is 14.8. The highest BCUT2D eigenvalue weighted by Crippen LogP contribution is 2.15. The Balaban J connectivity index is 1.61. The van der Waals surface area contributed by atoms with Crippen LogP contribution in [0.2, 0.25) is 0 Å². The number of hydrogen-bond donors (Lipinski definition) is 1.